The number of nitrogens with zero attached hydrogens (tertiary/aromatic N) is 3. The Hall–Kier alpha value is -1.03. The van der Waals surface area contributed by atoms with Crippen LogP contribution >= 0.6 is 0 Å². The molecule has 4 heteroatoms. The number of aromatic nitrogens is 2. The second kappa shape index (κ2) is 6.82. The van der Waals surface area contributed by atoms with Crippen molar-refractivity contribution in [3.63, 3.8) is 0 Å². The molecule has 4 nitrogen and oxygen atoms in total. The minimum absolute atomic E-state index is 0.656. The predicted molar refractivity (Wildman–Crippen MR) is 89.7 cm³/mol. The Labute approximate surface area is 129 Å². The molecule has 1 aliphatic heterocycles. The van der Waals surface area contributed by atoms with E-state index in [1.54, 1.807) is 0 Å². The topological polar surface area (TPSA) is 33.1 Å². The molecule has 1 unspecified atom stereocenters. The Balaban J connectivity index is 2.22. The first kappa shape index (κ1) is 16.3. The smallest absolute Gasteiger partial charge is 0.131 e. The lowest BCUT2D eigenvalue weighted by molar-refractivity contribution is 0.483. The standard InChI is InChI=1S/C17H32N4/c1-12(2)10-18-11-15-14(5)19-20(6)17(15)21-9-7-8-16(21)13(3)4/h12-13,16,18H,7-11H2,1-6H3. The molecule has 0 bridgehead atoms. The molecule has 2 rings (SSSR count). The van der Waals surface area contributed by atoms with Crippen LogP contribution in [-0.2, 0) is 13.6 Å². The van der Waals surface area contributed by atoms with Crippen LogP contribution in [0.3, 0.4) is 0 Å². The number of rotatable bonds is 6. The van der Waals surface area contributed by atoms with Crippen LogP contribution in [0, 0.1) is 18.8 Å². The Bertz CT molecular complexity index is 462. The van der Waals surface area contributed by atoms with Crippen LogP contribution in [0.4, 0.5) is 5.82 Å². The van der Waals surface area contributed by atoms with Crippen LogP contribution in [0.2, 0.25) is 0 Å². The first-order valence-corrected chi connectivity index (χ1v) is 8.41. The summed E-state index contributed by atoms with van der Waals surface area (Å²) in [5, 5.41) is 8.27. The van der Waals surface area contributed by atoms with Crippen molar-refractivity contribution in [1.29, 1.82) is 0 Å². The van der Waals surface area contributed by atoms with E-state index in [1.165, 1.54) is 30.8 Å². The highest BCUT2D eigenvalue weighted by Crippen LogP contribution is 2.33. The van der Waals surface area contributed by atoms with Gasteiger partial charge in [-0.3, -0.25) is 4.68 Å². The fourth-order valence-corrected chi connectivity index (χ4v) is 3.49. The third kappa shape index (κ3) is 3.60. The van der Waals surface area contributed by atoms with Gasteiger partial charge in [-0.25, -0.2) is 0 Å². The summed E-state index contributed by atoms with van der Waals surface area (Å²) < 4.78 is 2.09. The normalized spacial score (nSPS) is 19.2. The van der Waals surface area contributed by atoms with Gasteiger partial charge in [0.25, 0.3) is 0 Å². The Morgan fingerprint density at radius 3 is 2.62 bits per heavy atom. The monoisotopic (exact) mass is 292 g/mol. The molecular formula is C17H32N4. The zero-order chi connectivity index (χ0) is 15.6. The molecule has 1 aromatic heterocycles. The summed E-state index contributed by atoms with van der Waals surface area (Å²) in [6, 6.07) is 0.656. The van der Waals surface area contributed by atoms with Crippen LogP contribution in [0.15, 0.2) is 0 Å². The van der Waals surface area contributed by atoms with Gasteiger partial charge in [0.1, 0.15) is 5.82 Å². The van der Waals surface area contributed by atoms with Crippen molar-refractivity contribution in [1.82, 2.24) is 15.1 Å². The Morgan fingerprint density at radius 2 is 2.00 bits per heavy atom. The summed E-state index contributed by atoms with van der Waals surface area (Å²) >= 11 is 0. The maximum atomic E-state index is 4.68. The van der Waals surface area contributed by atoms with Gasteiger partial charge in [0, 0.05) is 31.7 Å². The van der Waals surface area contributed by atoms with E-state index in [9.17, 15) is 0 Å². The summed E-state index contributed by atoms with van der Waals surface area (Å²) in [4.78, 5) is 2.59. The first-order valence-electron chi connectivity index (χ1n) is 8.41. The molecule has 1 aliphatic rings. The van der Waals surface area contributed by atoms with E-state index >= 15 is 0 Å². The van der Waals surface area contributed by atoms with Gasteiger partial charge >= 0.3 is 0 Å². The van der Waals surface area contributed by atoms with Crippen molar-refractivity contribution in [3.8, 4) is 0 Å². The molecule has 120 valence electrons. The van der Waals surface area contributed by atoms with E-state index in [1.807, 2.05) is 0 Å². The highest BCUT2D eigenvalue weighted by Gasteiger charge is 2.31. The van der Waals surface area contributed by atoms with E-state index < -0.39 is 0 Å². The van der Waals surface area contributed by atoms with Crippen LogP contribution in [0.1, 0.15) is 51.8 Å². The summed E-state index contributed by atoms with van der Waals surface area (Å²) in [7, 11) is 2.09. The number of nitrogens with one attached hydrogen (secondary N) is 1. The van der Waals surface area contributed by atoms with Crippen molar-refractivity contribution in [2.75, 3.05) is 18.0 Å². The molecule has 1 atom stereocenters. The van der Waals surface area contributed by atoms with E-state index in [0.717, 1.165) is 18.8 Å². The zero-order valence-electron chi connectivity index (χ0n) is 14.6. The van der Waals surface area contributed by atoms with Gasteiger partial charge in [-0.1, -0.05) is 27.7 Å². The van der Waals surface area contributed by atoms with Crippen LogP contribution in [0.25, 0.3) is 0 Å². The van der Waals surface area contributed by atoms with E-state index in [0.29, 0.717) is 17.9 Å². The van der Waals surface area contributed by atoms with Gasteiger partial charge in [0.05, 0.1) is 5.69 Å². The van der Waals surface area contributed by atoms with Gasteiger partial charge in [-0.15, -0.1) is 0 Å². The molecule has 0 aromatic carbocycles. The predicted octanol–water partition coefficient (Wildman–Crippen LogP) is 3.10. The highest BCUT2D eigenvalue weighted by molar-refractivity contribution is 5.52. The Morgan fingerprint density at radius 1 is 1.29 bits per heavy atom. The quantitative estimate of drug-likeness (QED) is 0.874. The number of anilines is 1. The molecule has 0 saturated carbocycles. The molecular weight excluding hydrogens is 260 g/mol. The molecule has 1 N–H and O–H groups in total. The maximum absolute atomic E-state index is 4.68. The van der Waals surface area contributed by atoms with E-state index in [2.05, 4.69) is 61.7 Å². The summed E-state index contributed by atoms with van der Waals surface area (Å²) in [5.74, 6) is 2.71. The Kier molecular flexibility index (Phi) is 5.31. The van der Waals surface area contributed by atoms with Crippen LogP contribution in [0.5, 0.6) is 0 Å². The molecule has 0 aliphatic carbocycles. The van der Waals surface area contributed by atoms with Crippen molar-refractivity contribution in [2.45, 2.75) is 60.0 Å². The average Bonchev–Trinajstić information content (AvgIpc) is 2.94. The molecule has 1 aromatic rings. The van der Waals surface area contributed by atoms with E-state index in [-0.39, 0.29) is 0 Å². The second-order valence-corrected chi connectivity index (χ2v) is 7.18. The van der Waals surface area contributed by atoms with Crippen LogP contribution in [-0.4, -0.2) is 28.9 Å². The molecule has 0 amide bonds. The average molecular weight is 292 g/mol. The molecule has 1 fully saturated rings. The maximum Gasteiger partial charge on any atom is 0.131 e. The lowest BCUT2D eigenvalue weighted by atomic mass is 10.0. The lowest BCUT2D eigenvalue weighted by Crippen LogP contribution is -2.35. The first-order chi connectivity index (χ1) is 9.91. The fourth-order valence-electron chi connectivity index (χ4n) is 3.49. The molecule has 0 radical (unpaired) electrons. The number of hydrogen-bond acceptors (Lipinski definition) is 3. The minimum Gasteiger partial charge on any atom is -0.353 e. The van der Waals surface area contributed by atoms with Crippen molar-refractivity contribution in [2.24, 2.45) is 18.9 Å². The highest BCUT2D eigenvalue weighted by atomic mass is 15.4. The SMILES string of the molecule is Cc1nn(C)c(N2CCCC2C(C)C)c1CNCC(C)C. The van der Waals surface area contributed by atoms with Gasteiger partial charge in [-0.05, 0) is 38.1 Å². The van der Waals surface area contributed by atoms with Crippen molar-refractivity contribution < 1.29 is 0 Å². The molecule has 0 spiro atoms. The number of aryl methyl sites for hydroxylation is 2. The largest absolute Gasteiger partial charge is 0.353 e. The second-order valence-electron chi connectivity index (χ2n) is 7.18. The third-order valence-electron chi connectivity index (χ3n) is 4.51. The van der Waals surface area contributed by atoms with Crippen molar-refractivity contribution in [3.05, 3.63) is 11.3 Å². The molecule has 1 saturated heterocycles. The number of hydrogen-bond donors (Lipinski definition) is 1. The molecule has 2 heterocycles. The van der Waals surface area contributed by atoms with Gasteiger partial charge in [0.15, 0.2) is 0 Å². The lowest BCUT2D eigenvalue weighted by Gasteiger charge is -2.30. The van der Waals surface area contributed by atoms with Crippen molar-refractivity contribution >= 4 is 5.82 Å². The minimum atomic E-state index is 0.656. The summed E-state index contributed by atoms with van der Waals surface area (Å²) in [5.41, 5.74) is 2.55. The van der Waals surface area contributed by atoms with E-state index in [4.69, 9.17) is 0 Å². The fraction of sp³-hybridized carbons (Fsp3) is 0.824. The zero-order valence-corrected chi connectivity index (χ0v) is 14.6. The van der Waals surface area contributed by atoms with Gasteiger partial charge < -0.3 is 10.2 Å². The summed E-state index contributed by atoms with van der Waals surface area (Å²) in [6.45, 7) is 14.5. The third-order valence-corrected chi connectivity index (χ3v) is 4.51. The van der Waals surface area contributed by atoms with Gasteiger partial charge in [-0.2, -0.15) is 5.10 Å². The summed E-state index contributed by atoms with van der Waals surface area (Å²) in [6.07, 6.45) is 2.60. The van der Waals surface area contributed by atoms with Gasteiger partial charge in [0.2, 0.25) is 0 Å². The molecule has 21 heavy (non-hydrogen) atoms. The van der Waals surface area contributed by atoms with Crippen LogP contribution < -0.4 is 10.2 Å².